The van der Waals surface area contributed by atoms with Gasteiger partial charge in [-0.05, 0) is 24.6 Å². The van der Waals surface area contributed by atoms with Crippen molar-refractivity contribution in [2.24, 2.45) is 0 Å². The molecule has 0 aliphatic heterocycles. The van der Waals surface area contributed by atoms with Crippen LogP contribution in [0, 0.1) is 0 Å². The lowest BCUT2D eigenvalue weighted by Crippen LogP contribution is -2.24. The van der Waals surface area contributed by atoms with Crippen molar-refractivity contribution in [3.63, 3.8) is 0 Å². The Morgan fingerprint density at radius 1 is 1.41 bits per heavy atom. The van der Waals surface area contributed by atoms with Gasteiger partial charge in [-0.1, -0.05) is 18.5 Å². The normalized spacial score (nSPS) is 11.0. The average Bonchev–Trinajstić information content (AvgIpc) is 2.32. The topological polar surface area (TPSA) is 34.9 Å². The molecule has 0 unspecified atom stereocenters. The standard InChI is InChI=1S/C12H12Cl2N2O/c1-2-5-16-11(7-13)15-10-6-8(14)3-4-9(10)12(16)17/h3-4,6H,2,5,7H2,1H3. The van der Waals surface area contributed by atoms with Gasteiger partial charge in [-0.2, -0.15) is 0 Å². The van der Waals surface area contributed by atoms with E-state index in [1.165, 1.54) is 0 Å². The number of hydrogen-bond acceptors (Lipinski definition) is 2. The molecule has 0 saturated carbocycles. The van der Waals surface area contributed by atoms with E-state index < -0.39 is 0 Å². The summed E-state index contributed by atoms with van der Waals surface area (Å²) in [4.78, 5) is 16.6. The molecule has 0 radical (unpaired) electrons. The van der Waals surface area contributed by atoms with E-state index in [-0.39, 0.29) is 11.4 Å². The first-order chi connectivity index (χ1) is 8.17. The van der Waals surface area contributed by atoms with Crippen LogP contribution in [-0.4, -0.2) is 9.55 Å². The van der Waals surface area contributed by atoms with Crippen molar-refractivity contribution < 1.29 is 0 Å². The van der Waals surface area contributed by atoms with Gasteiger partial charge in [-0.15, -0.1) is 11.6 Å². The molecule has 0 bridgehead atoms. The number of hydrogen-bond donors (Lipinski definition) is 0. The quantitative estimate of drug-likeness (QED) is 0.803. The lowest BCUT2D eigenvalue weighted by molar-refractivity contribution is 0.621. The van der Waals surface area contributed by atoms with Crippen LogP contribution in [0.5, 0.6) is 0 Å². The maximum absolute atomic E-state index is 12.2. The maximum Gasteiger partial charge on any atom is 0.261 e. The number of fused-ring (bicyclic) bond motifs is 1. The highest BCUT2D eigenvalue weighted by atomic mass is 35.5. The van der Waals surface area contributed by atoms with Crippen LogP contribution in [-0.2, 0) is 12.4 Å². The largest absolute Gasteiger partial charge is 0.295 e. The molecule has 5 heteroatoms. The van der Waals surface area contributed by atoms with E-state index in [0.29, 0.717) is 28.3 Å². The molecule has 2 aromatic rings. The van der Waals surface area contributed by atoms with Gasteiger partial charge in [0.15, 0.2) is 0 Å². The van der Waals surface area contributed by atoms with E-state index in [9.17, 15) is 4.79 Å². The minimum atomic E-state index is -0.0517. The summed E-state index contributed by atoms with van der Waals surface area (Å²) >= 11 is 11.7. The zero-order valence-corrected chi connectivity index (χ0v) is 10.9. The van der Waals surface area contributed by atoms with E-state index in [4.69, 9.17) is 23.2 Å². The third-order valence-electron chi connectivity index (χ3n) is 2.56. The summed E-state index contributed by atoms with van der Waals surface area (Å²) < 4.78 is 1.63. The molecule has 1 aromatic carbocycles. The molecule has 2 rings (SSSR count). The molecule has 0 atom stereocenters. The van der Waals surface area contributed by atoms with Crippen molar-refractivity contribution in [3.05, 3.63) is 39.4 Å². The number of nitrogens with zero attached hydrogens (tertiary/aromatic N) is 2. The lowest BCUT2D eigenvalue weighted by atomic mass is 10.2. The highest BCUT2D eigenvalue weighted by molar-refractivity contribution is 6.31. The Morgan fingerprint density at radius 2 is 2.18 bits per heavy atom. The molecule has 1 heterocycles. The smallest absolute Gasteiger partial charge is 0.261 e. The van der Waals surface area contributed by atoms with Crippen LogP contribution in [0.15, 0.2) is 23.0 Å². The highest BCUT2D eigenvalue weighted by Crippen LogP contribution is 2.16. The molecule has 1 aromatic heterocycles. The van der Waals surface area contributed by atoms with E-state index >= 15 is 0 Å². The summed E-state index contributed by atoms with van der Waals surface area (Å²) in [6.07, 6.45) is 0.866. The minimum absolute atomic E-state index is 0.0517. The second-order valence-electron chi connectivity index (χ2n) is 3.78. The third kappa shape index (κ3) is 2.31. The zero-order chi connectivity index (χ0) is 12.4. The van der Waals surface area contributed by atoms with Crippen LogP contribution in [0.2, 0.25) is 5.02 Å². The van der Waals surface area contributed by atoms with Gasteiger partial charge in [0.05, 0.1) is 16.8 Å². The monoisotopic (exact) mass is 270 g/mol. The predicted molar refractivity (Wildman–Crippen MR) is 70.9 cm³/mol. The molecule has 90 valence electrons. The molecule has 0 saturated heterocycles. The second-order valence-corrected chi connectivity index (χ2v) is 4.48. The fourth-order valence-corrected chi connectivity index (χ4v) is 2.17. The number of halogens is 2. The van der Waals surface area contributed by atoms with Crippen LogP contribution >= 0.6 is 23.2 Å². The van der Waals surface area contributed by atoms with E-state index in [2.05, 4.69) is 4.98 Å². The third-order valence-corrected chi connectivity index (χ3v) is 3.04. The van der Waals surface area contributed by atoms with Crippen molar-refractivity contribution >= 4 is 34.1 Å². The average molecular weight is 271 g/mol. The SMILES string of the molecule is CCCn1c(CCl)nc2cc(Cl)ccc2c1=O. The van der Waals surface area contributed by atoms with Gasteiger partial charge in [-0.25, -0.2) is 4.98 Å². The first kappa shape index (κ1) is 12.4. The molecule has 17 heavy (non-hydrogen) atoms. The maximum atomic E-state index is 12.2. The molecule has 0 spiro atoms. The van der Waals surface area contributed by atoms with Crippen LogP contribution in [0.3, 0.4) is 0 Å². The van der Waals surface area contributed by atoms with Crippen molar-refractivity contribution in [1.82, 2.24) is 9.55 Å². The van der Waals surface area contributed by atoms with Crippen LogP contribution in [0.1, 0.15) is 19.2 Å². The Morgan fingerprint density at radius 3 is 2.82 bits per heavy atom. The van der Waals surface area contributed by atoms with Crippen molar-refractivity contribution in [2.75, 3.05) is 0 Å². The lowest BCUT2D eigenvalue weighted by Gasteiger charge is -2.10. The summed E-state index contributed by atoms with van der Waals surface area (Å²) in [5.41, 5.74) is 0.551. The Kier molecular flexibility index (Phi) is 3.69. The molecule has 0 aliphatic carbocycles. The Bertz CT molecular complexity index is 607. The molecule has 0 N–H and O–H groups in total. The summed E-state index contributed by atoms with van der Waals surface area (Å²) in [5, 5.41) is 1.15. The molecule has 0 amide bonds. The number of aromatic nitrogens is 2. The fraction of sp³-hybridized carbons (Fsp3) is 0.333. The Balaban J connectivity index is 2.78. The van der Waals surface area contributed by atoms with Gasteiger partial charge in [0.2, 0.25) is 0 Å². The summed E-state index contributed by atoms with van der Waals surface area (Å²) in [6.45, 7) is 2.64. The summed E-state index contributed by atoms with van der Waals surface area (Å²) in [7, 11) is 0. The number of rotatable bonds is 3. The minimum Gasteiger partial charge on any atom is -0.295 e. The van der Waals surface area contributed by atoms with Gasteiger partial charge in [-0.3, -0.25) is 9.36 Å². The van der Waals surface area contributed by atoms with E-state index in [0.717, 1.165) is 6.42 Å². The van der Waals surface area contributed by atoms with Crippen molar-refractivity contribution in [2.45, 2.75) is 25.8 Å². The van der Waals surface area contributed by atoms with Crippen LogP contribution in [0.4, 0.5) is 0 Å². The van der Waals surface area contributed by atoms with Crippen molar-refractivity contribution in [1.29, 1.82) is 0 Å². The Hall–Kier alpha value is -1.06. The van der Waals surface area contributed by atoms with Gasteiger partial charge in [0.1, 0.15) is 5.82 Å². The van der Waals surface area contributed by atoms with Crippen molar-refractivity contribution in [3.8, 4) is 0 Å². The molecule has 0 fully saturated rings. The van der Waals surface area contributed by atoms with E-state index in [1.807, 2.05) is 6.92 Å². The Labute approximate surface area is 109 Å². The van der Waals surface area contributed by atoms with E-state index in [1.54, 1.807) is 22.8 Å². The second kappa shape index (κ2) is 5.07. The molecular formula is C12H12Cl2N2O. The van der Waals surface area contributed by atoms with Gasteiger partial charge >= 0.3 is 0 Å². The molecular weight excluding hydrogens is 259 g/mol. The van der Waals surface area contributed by atoms with Crippen LogP contribution in [0.25, 0.3) is 10.9 Å². The first-order valence-electron chi connectivity index (χ1n) is 5.42. The van der Waals surface area contributed by atoms with Gasteiger partial charge < -0.3 is 0 Å². The highest BCUT2D eigenvalue weighted by Gasteiger charge is 2.09. The van der Waals surface area contributed by atoms with Gasteiger partial charge in [0, 0.05) is 11.6 Å². The summed E-state index contributed by atoms with van der Waals surface area (Å²) in [6, 6.07) is 5.09. The summed E-state index contributed by atoms with van der Waals surface area (Å²) in [5.74, 6) is 0.811. The molecule has 3 nitrogen and oxygen atoms in total. The number of alkyl halides is 1. The number of benzene rings is 1. The molecule has 0 aliphatic rings. The van der Waals surface area contributed by atoms with Gasteiger partial charge in [0.25, 0.3) is 5.56 Å². The van der Waals surface area contributed by atoms with Crippen LogP contribution < -0.4 is 5.56 Å². The predicted octanol–water partition coefficient (Wildman–Crippen LogP) is 3.20. The first-order valence-corrected chi connectivity index (χ1v) is 6.33. The zero-order valence-electron chi connectivity index (χ0n) is 9.41. The fourth-order valence-electron chi connectivity index (χ4n) is 1.80.